The molecule has 5 N–H and O–H groups in total. The van der Waals surface area contributed by atoms with Gasteiger partial charge in [0.15, 0.2) is 0 Å². The van der Waals surface area contributed by atoms with Crippen molar-refractivity contribution < 1.29 is 22.8 Å². The second kappa shape index (κ2) is 6.90. The number of nitrogens with one attached hydrogen (secondary N) is 3. The van der Waals surface area contributed by atoms with Crippen molar-refractivity contribution in [2.45, 2.75) is 6.18 Å². The molecule has 0 radical (unpaired) electrons. The van der Waals surface area contributed by atoms with Crippen LogP contribution in [0.4, 0.5) is 39.8 Å². The van der Waals surface area contributed by atoms with Gasteiger partial charge in [0, 0.05) is 17.1 Å². The Labute approximate surface area is 134 Å². The highest BCUT2D eigenvalue weighted by Gasteiger charge is 2.30. The predicted molar refractivity (Wildman–Crippen MR) is 83.7 cm³/mol. The average Bonchev–Trinajstić information content (AvgIpc) is 2.46. The van der Waals surface area contributed by atoms with Crippen LogP contribution in [-0.4, -0.2) is 12.1 Å². The number of amides is 4. The second-order valence-corrected chi connectivity index (χ2v) is 4.73. The van der Waals surface area contributed by atoms with Crippen LogP contribution in [0.1, 0.15) is 5.56 Å². The summed E-state index contributed by atoms with van der Waals surface area (Å²) in [5.41, 5.74) is 4.80. The van der Waals surface area contributed by atoms with E-state index in [9.17, 15) is 22.8 Å². The molecule has 0 bridgehead atoms. The lowest BCUT2D eigenvalue weighted by Crippen LogP contribution is -2.21. The molecule has 0 aromatic heterocycles. The van der Waals surface area contributed by atoms with Gasteiger partial charge in [-0.25, -0.2) is 9.59 Å². The second-order valence-electron chi connectivity index (χ2n) is 4.73. The van der Waals surface area contributed by atoms with E-state index < -0.39 is 23.8 Å². The van der Waals surface area contributed by atoms with Crippen LogP contribution in [0.3, 0.4) is 0 Å². The lowest BCUT2D eigenvalue weighted by molar-refractivity contribution is -0.137. The summed E-state index contributed by atoms with van der Waals surface area (Å²) in [7, 11) is 0. The SMILES string of the molecule is NC(=O)Nc1cccc(NC(=O)Nc2cccc(C(F)(F)F)c2)c1. The number of halogens is 3. The van der Waals surface area contributed by atoms with Gasteiger partial charge in [-0.2, -0.15) is 13.2 Å². The van der Waals surface area contributed by atoms with Crippen LogP contribution in [0.5, 0.6) is 0 Å². The number of urea groups is 2. The molecule has 126 valence electrons. The standard InChI is InChI=1S/C15H13F3N4O2/c16-15(17,18)9-3-1-4-10(7-9)21-14(24)22-12-6-2-5-11(8-12)20-13(19)23/h1-8H,(H3,19,20,23)(H2,21,22,24). The molecule has 0 spiro atoms. The predicted octanol–water partition coefficient (Wildman–Crippen LogP) is 3.84. The van der Waals surface area contributed by atoms with Gasteiger partial charge >= 0.3 is 18.2 Å². The maximum atomic E-state index is 12.6. The van der Waals surface area contributed by atoms with Crippen molar-refractivity contribution in [2.24, 2.45) is 5.73 Å². The lowest BCUT2D eigenvalue weighted by Gasteiger charge is -2.11. The van der Waals surface area contributed by atoms with E-state index in [1.807, 2.05) is 0 Å². The number of anilines is 3. The molecule has 0 saturated carbocycles. The van der Waals surface area contributed by atoms with Gasteiger partial charge in [-0.3, -0.25) is 0 Å². The Morgan fingerprint density at radius 3 is 1.88 bits per heavy atom. The minimum absolute atomic E-state index is 0.00580. The maximum Gasteiger partial charge on any atom is 0.416 e. The fraction of sp³-hybridized carbons (Fsp3) is 0.0667. The Balaban J connectivity index is 2.05. The summed E-state index contributed by atoms with van der Waals surface area (Å²) in [5, 5.41) is 7.07. The van der Waals surface area contributed by atoms with Gasteiger partial charge in [0.1, 0.15) is 0 Å². The zero-order chi connectivity index (χ0) is 17.7. The number of carbonyl (C=O) groups is 2. The third-order valence-electron chi connectivity index (χ3n) is 2.84. The van der Waals surface area contributed by atoms with Crippen LogP contribution in [-0.2, 0) is 6.18 Å². The van der Waals surface area contributed by atoms with Gasteiger partial charge in [-0.1, -0.05) is 12.1 Å². The molecule has 0 heterocycles. The summed E-state index contributed by atoms with van der Waals surface area (Å²) >= 11 is 0. The minimum atomic E-state index is -4.50. The van der Waals surface area contributed by atoms with Gasteiger partial charge in [0.25, 0.3) is 0 Å². The number of hydrogen-bond acceptors (Lipinski definition) is 2. The number of primary amides is 1. The van der Waals surface area contributed by atoms with E-state index in [0.29, 0.717) is 11.4 Å². The largest absolute Gasteiger partial charge is 0.416 e. The number of benzene rings is 2. The number of alkyl halides is 3. The van der Waals surface area contributed by atoms with Gasteiger partial charge in [-0.05, 0) is 36.4 Å². The fourth-order valence-corrected chi connectivity index (χ4v) is 1.88. The Morgan fingerprint density at radius 1 is 0.833 bits per heavy atom. The zero-order valence-corrected chi connectivity index (χ0v) is 12.1. The van der Waals surface area contributed by atoms with Gasteiger partial charge in [-0.15, -0.1) is 0 Å². The van der Waals surface area contributed by atoms with Gasteiger partial charge in [0.2, 0.25) is 0 Å². The molecule has 0 aliphatic carbocycles. The Morgan fingerprint density at radius 2 is 1.33 bits per heavy atom. The lowest BCUT2D eigenvalue weighted by atomic mass is 10.2. The number of rotatable bonds is 3. The van der Waals surface area contributed by atoms with E-state index in [2.05, 4.69) is 16.0 Å². The van der Waals surface area contributed by atoms with E-state index in [4.69, 9.17) is 5.73 Å². The summed E-state index contributed by atoms with van der Waals surface area (Å²) in [6, 6.07) is 8.86. The highest BCUT2D eigenvalue weighted by Crippen LogP contribution is 2.30. The van der Waals surface area contributed by atoms with Crippen LogP contribution in [0.15, 0.2) is 48.5 Å². The Kier molecular flexibility index (Phi) is 4.93. The molecule has 0 fully saturated rings. The minimum Gasteiger partial charge on any atom is -0.351 e. The molecule has 0 saturated heterocycles. The molecule has 2 aromatic rings. The van der Waals surface area contributed by atoms with E-state index in [1.165, 1.54) is 24.3 Å². The van der Waals surface area contributed by atoms with Crippen molar-refractivity contribution in [1.29, 1.82) is 0 Å². The summed E-state index contributed by atoms with van der Waals surface area (Å²) in [6.07, 6.45) is -4.50. The van der Waals surface area contributed by atoms with Crippen molar-refractivity contribution in [3.63, 3.8) is 0 Å². The van der Waals surface area contributed by atoms with Gasteiger partial charge < -0.3 is 21.7 Å². The average molecular weight is 338 g/mol. The van der Waals surface area contributed by atoms with Crippen LogP contribution in [0.25, 0.3) is 0 Å². The van der Waals surface area contributed by atoms with Crippen LogP contribution in [0, 0.1) is 0 Å². The first-order valence-corrected chi connectivity index (χ1v) is 6.66. The summed E-state index contributed by atoms with van der Waals surface area (Å²) in [4.78, 5) is 22.6. The molecule has 9 heteroatoms. The molecular weight excluding hydrogens is 325 g/mol. The van der Waals surface area contributed by atoms with Crippen LogP contribution < -0.4 is 21.7 Å². The first-order chi connectivity index (χ1) is 11.2. The van der Waals surface area contributed by atoms with E-state index in [1.54, 1.807) is 12.1 Å². The Bertz CT molecular complexity index is 762. The van der Waals surface area contributed by atoms with Crippen molar-refractivity contribution in [2.75, 3.05) is 16.0 Å². The zero-order valence-electron chi connectivity index (χ0n) is 12.1. The van der Waals surface area contributed by atoms with E-state index in [0.717, 1.165) is 12.1 Å². The number of nitrogens with two attached hydrogens (primary N) is 1. The normalized spacial score (nSPS) is 10.8. The number of hydrogen-bond donors (Lipinski definition) is 4. The molecule has 4 amide bonds. The summed E-state index contributed by atoms with van der Waals surface area (Å²) < 4.78 is 37.9. The molecule has 0 aliphatic rings. The van der Waals surface area contributed by atoms with Crippen molar-refractivity contribution in [3.8, 4) is 0 Å². The van der Waals surface area contributed by atoms with Crippen molar-refractivity contribution in [1.82, 2.24) is 0 Å². The monoisotopic (exact) mass is 338 g/mol. The van der Waals surface area contributed by atoms with E-state index in [-0.39, 0.29) is 5.69 Å². The number of carbonyl (C=O) groups excluding carboxylic acids is 2. The molecule has 2 aromatic carbocycles. The third-order valence-corrected chi connectivity index (χ3v) is 2.84. The highest BCUT2D eigenvalue weighted by atomic mass is 19.4. The van der Waals surface area contributed by atoms with Gasteiger partial charge in [0.05, 0.1) is 5.56 Å². The van der Waals surface area contributed by atoms with E-state index >= 15 is 0 Å². The summed E-state index contributed by atoms with van der Waals surface area (Å²) in [6.45, 7) is 0. The smallest absolute Gasteiger partial charge is 0.351 e. The Hall–Kier alpha value is -3.23. The first-order valence-electron chi connectivity index (χ1n) is 6.66. The molecule has 2 rings (SSSR count). The molecule has 0 aliphatic heterocycles. The van der Waals surface area contributed by atoms with Crippen molar-refractivity contribution >= 4 is 29.1 Å². The highest BCUT2D eigenvalue weighted by molar-refractivity contribution is 6.00. The molecule has 6 nitrogen and oxygen atoms in total. The third kappa shape index (κ3) is 4.90. The quantitative estimate of drug-likeness (QED) is 0.684. The molecule has 24 heavy (non-hydrogen) atoms. The maximum absolute atomic E-state index is 12.6. The molecule has 0 atom stereocenters. The van der Waals surface area contributed by atoms with Crippen LogP contribution >= 0.6 is 0 Å². The van der Waals surface area contributed by atoms with Crippen LogP contribution in [0.2, 0.25) is 0 Å². The van der Waals surface area contributed by atoms with Crippen molar-refractivity contribution in [3.05, 3.63) is 54.1 Å². The first kappa shape index (κ1) is 17.1. The molecular formula is C15H13F3N4O2. The summed E-state index contributed by atoms with van der Waals surface area (Å²) in [5.74, 6) is 0. The topological polar surface area (TPSA) is 96.2 Å². The fourth-order valence-electron chi connectivity index (χ4n) is 1.88. The molecule has 0 unspecified atom stereocenters.